The Labute approximate surface area is 79.9 Å². The highest BCUT2D eigenvalue weighted by molar-refractivity contribution is 9.10. The predicted molar refractivity (Wildman–Crippen MR) is 50.7 cm³/mol. The summed E-state index contributed by atoms with van der Waals surface area (Å²) in [6.45, 7) is 0.790. The van der Waals surface area contributed by atoms with E-state index in [4.69, 9.17) is 5.73 Å². The Morgan fingerprint density at radius 1 is 1.67 bits per heavy atom. The van der Waals surface area contributed by atoms with E-state index in [1.807, 2.05) is 0 Å². The van der Waals surface area contributed by atoms with Gasteiger partial charge in [0.2, 0.25) is 0 Å². The van der Waals surface area contributed by atoms with E-state index in [2.05, 4.69) is 26.1 Å². The zero-order chi connectivity index (χ0) is 8.60. The van der Waals surface area contributed by atoms with Crippen molar-refractivity contribution in [1.82, 2.24) is 10.2 Å². The summed E-state index contributed by atoms with van der Waals surface area (Å²) in [6, 6.07) is 0. The topological polar surface area (TPSA) is 54.7 Å². The number of rotatable bonds is 3. The lowest BCUT2D eigenvalue weighted by molar-refractivity contribution is 0.512. The van der Waals surface area contributed by atoms with Crippen LogP contribution in [0.5, 0.6) is 0 Å². The van der Waals surface area contributed by atoms with Crippen molar-refractivity contribution in [1.29, 1.82) is 0 Å². The molecular formula is C8H12BrN3. The first-order valence-corrected chi connectivity index (χ1v) is 4.93. The van der Waals surface area contributed by atoms with Gasteiger partial charge in [-0.05, 0) is 47.2 Å². The van der Waals surface area contributed by atoms with Gasteiger partial charge in [-0.25, -0.2) is 0 Å². The summed E-state index contributed by atoms with van der Waals surface area (Å²) in [5, 5.41) is 6.94. The molecule has 12 heavy (non-hydrogen) atoms. The minimum absolute atomic E-state index is 0.384. The van der Waals surface area contributed by atoms with E-state index in [0.29, 0.717) is 5.41 Å². The van der Waals surface area contributed by atoms with Crippen LogP contribution in [0.2, 0.25) is 0 Å². The van der Waals surface area contributed by atoms with Crippen LogP contribution in [-0.4, -0.2) is 16.7 Å². The number of aromatic nitrogens is 2. The number of nitrogens with two attached hydrogens (primary N) is 1. The molecule has 66 valence electrons. The number of hydrogen-bond acceptors (Lipinski definition) is 2. The van der Waals surface area contributed by atoms with Gasteiger partial charge in [0.1, 0.15) is 0 Å². The van der Waals surface area contributed by atoms with Gasteiger partial charge in [-0.3, -0.25) is 5.10 Å². The normalized spacial score (nSPS) is 19.5. The second-order valence-electron chi connectivity index (χ2n) is 3.58. The Bertz CT molecular complexity index is 278. The summed E-state index contributed by atoms with van der Waals surface area (Å²) in [5.74, 6) is 0. The minimum Gasteiger partial charge on any atom is -0.330 e. The average molecular weight is 230 g/mol. The van der Waals surface area contributed by atoms with Crippen molar-refractivity contribution in [2.24, 2.45) is 11.1 Å². The molecule has 1 heterocycles. The number of nitrogens with one attached hydrogen (secondary N) is 1. The van der Waals surface area contributed by atoms with Gasteiger partial charge >= 0.3 is 0 Å². The van der Waals surface area contributed by atoms with Crippen molar-refractivity contribution in [3.05, 3.63) is 16.4 Å². The minimum atomic E-state index is 0.384. The summed E-state index contributed by atoms with van der Waals surface area (Å²) >= 11 is 3.44. The number of H-pyrrole nitrogens is 1. The van der Waals surface area contributed by atoms with E-state index in [0.717, 1.165) is 17.4 Å². The van der Waals surface area contributed by atoms with E-state index in [1.165, 1.54) is 18.5 Å². The molecule has 3 nitrogen and oxygen atoms in total. The van der Waals surface area contributed by atoms with Gasteiger partial charge in [0.05, 0.1) is 10.7 Å². The molecule has 0 spiro atoms. The largest absolute Gasteiger partial charge is 0.330 e. The molecule has 0 aromatic carbocycles. The van der Waals surface area contributed by atoms with E-state index in [1.54, 1.807) is 6.20 Å². The van der Waals surface area contributed by atoms with Crippen LogP contribution in [0.3, 0.4) is 0 Å². The quantitative estimate of drug-likeness (QED) is 0.825. The molecule has 3 N–H and O–H groups in total. The maximum Gasteiger partial charge on any atom is 0.0632 e. The Kier molecular flexibility index (Phi) is 1.96. The number of hydrogen-bond donors (Lipinski definition) is 2. The van der Waals surface area contributed by atoms with Crippen LogP contribution in [-0.2, 0) is 6.42 Å². The lowest BCUT2D eigenvalue weighted by Crippen LogP contribution is -2.18. The molecule has 1 fully saturated rings. The number of halogens is 1. The molecule has 1 saturated carbocycles. The van der Waals surface area contributed by atoms with E-state index >= 15 is 0 Å². The van der Waals surface area contributed by atoms with Crippen LogP contribution in [0.1, 0.15) is 18.5 Å². The number of nitrogens with zero attached hydrogens (tertiary/aromatic N) is 1. The van der Waals surface area contributed by atoms with Gasteiger partial charge in [0.15, 0.2) is 0 Å². The van der Waals surface area contributed by atoms with Crippen molar-refractivity contribution < 1.29 is 0 Å². The maximum atomic E-state index is 5.69. The fraction of sp³-hybridized carbons (Fsp3) is 0.625. The molecule has 0 bridgehead atoms. The summed E-state index contributed by atoms with van der Waals surface area (Å²) < 4.78 is 1.07. The maximum absolute atomic E-state index is 5.69. The lowest BCUT2D eigenvalue weighted by atomic mass is 10.0. The fourth-order valence-corrected chi connectivity index (χ4v) is 1.76. The highest BCUT2D eigenvalue weighted by atomic mass is 79.9. The van der Waals surface area contributed by atoms with Crippen LogP contribution in [0.15, 0.2) is 10.7 Å². The van der Waals surface area contributed by atoms with Crippen LogP contribution >= 0.6 is 15.9 Å². The van der Waals surface area contributed by atoms with Gasteiger partial charge < -0.3 is 5.73 Å². The van der Waals surface area contributed by atoms with Gasteiger partial charge in [-0.1, -0.05) is 0 Å². The molecule has 0 radical (unpaired) electrons. The standard InChI is InChI=1S/C8H12BrN3/c9-6-4-11-12-7(6)3-8(5-10)1-2-8/h4H,1-3,5,10H2,(H,11,12). The van der Waals surface area contributed by atoms with Crippen LogP contribution in [0.4, 0.5) is 0 Å². The first-order valence-electron chi connectivity index (χ1n) is 4.14. The van der Waals surface area contributed by atoms with Crippen LogP contribution in [0.25, 0.3) is 0 Å². The molecule has 0 atom stereocenters. The second-order valence-corrected chi connectivity index (χ2v) is 4.43. The van der Waals surface area contributed by atoms with Gasteiger partial charge in [-0.2, -0.15) is 5.10 Å². The fourth-order valence-electron chi connectivity index (χ4n) is 1.43. The zero-order valence-corrected chi connectivity index (χ0v) is 8.39. The molecule has 0 saturated heterocycles. The summed E-state index contributed by atoms with van der Waals surface area (Å²) in [6.07, 6.45) is 5.34. The molecule has 1 aromatic rings. The Morgan fingerprint density at radius 3 is 2.83 bits per heavy atom. The first kappa shape index (κ1) is 8.26. The van der Waals surface area contributed by atoms with Crippen molar-refractivity contribution >= 4 is 15.9 Å². The molecule has 0 aliphatic heterocycles. The van der Waals surface area contributed by atoms with Gasteiger partial charge in [0.25, 0.3) is 0 Å². The Morgan fingerprint density at radius 2 is 2.42 bits per heavy atom. The highest BCUT2D eigenvalue weighted by Gasteiger charge is 2.41. The SMILES string of the molecule is NCC1(Cc2[nH]ncc2Br)CC1. The summed E-state index contributed by atoms with van der Waals surface area (Å²) in [5.41, 5.74) is 7.25. The molecule has 0 amide bonds. The van der Waals surface area contributed by atoms with E-state index in [9.17, 15) is 0 Å². The Hall–Kier alpha value is -0.350. The van der Waals surface area contributed by atoms with E-state index in [-0.39, 0.29) is 0 Å². The third kappa shape index (κ3) is 1.41. The number of aromatic amines is 1. The van der Waals surface area contributed by atoms with Crippen LogP contribution in [0, 0.1) is 5.41 Å². The molecule has 1 aliphatic rings. The van der Waals surface area contributed by atoms with Gasteiger partial charge in [-0.15, -0.1) is 0 Å². The first-order chi connectivity index (χ1) is 5.76. The highest BCUT2D eigenvalue weighted by Crippen LogP contribution is 2.47. The third-order valence-corrected chi connectivity index (χ3v) is 3.29. The molecule has 0 unspecified atom stereocenters. The average Bonchev–Trinajstić information content (AvgIpc) is 2.74. The third-order valence-electron chi connectivity index (χ3n) is 2.61. The molecule has 1 aliphatic carbocycles. The Balaban J connectivity index is 2.08. The van der Waals surface area contributed by atoms with Crippen molar-refractivity contribution in [3.63, 3.8) is 0 Å². The monoisotopic (exact) mass is 229 g/mol. The van der Waals surface area contributed by atoms with Gasteiger partial charge in [0, 0.05) is 5.69 Å². The summed E-state index contributed by atoms with van der Waals surface area (Å²) in [7, 11) is 0. The van der Waals surface area contributed by atoms with Crippen molar-refractivity contribution in [2.75, 3.05) is 6.54 Å². The molecule has 2 rings (SSSR count). The smallest absolute Gasteiger partial charge is 0.0632 e. The van der Waals surface area contributed by atoms with Crippen molar-refractivity contribution in [3.8, 4) is 0 Å². The van der Waals surface area contributed by atoms with E-state index < -0.39 is 0 Å². The lowest BCUT2D eigenvalue weighted by Gasteiger charge is -2.09. The zero-order valence-electron chi connectivity index (χ0n) is 6.81. The predicted octanol–water partition coefficient (Wildman–Crippen LogP) is 1.45. The van der Waals surface area contributed by atoms with Crippen LogP contribution < -0.4 is 5.73 Å². The summed E-state index contributed by atoms with van der Waals surface area (Å²) in [4.78, 5) is 0. The molecule has 1 aromatic heterocycles. The molecular weight excluding hydrogens is 218 g/mol. The molecule has 4 heteroatoms. The van der Waals surface area contributed by atoms with Crippen molar-refractivity contribution in [2.45, 2.75) is 19.3 Å². The second kappa shape index (κ2) is 2.85.